The number of aliphatic hydroxyl groups is 1. The van der Waals surface area contributed by atoms with Gasteiger partial charge >= 0.3 is 0 Å². The minimum atomic E-state index is 0.148. The van der Waals surface area contributed by atoms with Crippen LogP contribution in [-0.4, -0.2) is 31.4 Å². The van der Waals surface area contributed by atoms with Crippen LogP contribution < -0.4 is 15.4 Å². The molecule has 0 aromatic heterocycles. The SMILES string of the molecule is CCCOc1cc(N(CCC)CCO)ccc1N. The molecule has 4 heteroatoms. The lowest BCUT2D eigenvalue weighted by molar-refractivity contribution is 0.301. The Kier molecular flexibility index (Phi) is 6.36. The first-order valence-electron chi connectivity index (χ1n) is 6.61. The van der Waals surface area contributed by atoms with Crippen molar-refractivity contribution in [1.29, 1.82) is 0 Å². The monoisotopic (exact) mass is 252 g/mol. The number of aliphatic hydroxyl groups excluding tert-OH is 1. The number of nitrogens with two attached hydrogens (primary N) is 1. The number of benzene rings is 1. The van der Waals surface area contributed by atoms with E-state index in [1.165, 1.54) is 0 Å². The Morgan fingerprint density at radius 3 is 2.61 bits per heavy atom. The highest BCUT2D eigenvalue weighted by molar-refractivity contribution is 5.62. The van der Waals surface area contributed by atoms with Crippen LogP contribution in [0, 0.1) is 0 Å². The lowest BCUT2D eigenvalue weighted by Gasteiger charge is -2.24. The van der Waals surface area contributed by atoms with Crippen LogP contribution >= 0.6 is 0 Å². The number of nitrogen functional groups attached to an aromatic ring is 1. The van der Waals surface area contributed by atoms with Gasteiger partial charge in [-0.15, -0.1) is 0 Å². The number of ether oxygens (including phenoxy) is 1. The number of hydrogen-bond donors (Lipinski definition) is 2. The van der Waals surface area contributed by atoms with Crippen molar-refractivity contribution < 1.29 is 9.84 Å². The first-order chi connectivity index (χ1) is 8.72. The molecule has 0 fully saturated rings. The molecular formula is C14H24N2O2. The van der Waals surface area contributed by atoms with E-state index in [4.69, 9.17) is 15.6 Å². The molecule has 1 aromatic carbocycles. The van der Waals surface area contributed by atoms with E-state index < -0.39 is 0 Å². The molecule has 0 aliphatic carbocycles. The molecule has 0 saturated carbocycles. The molecule has 1 rings (SSSR count). The van der Waals surface area contributed by atoms with Crippen molar-refractivity contribution in [3.8, 4) is 5.75 Å². The number of nitrogens with zero attached hydrogens (tertiary/aromatic N) is 1. The fraction of sp³-hybridized carbons (Fsp3) is 0.571. The predicted molar refractivity (Wildman–Crippen MR) is 76.2 cm³/mol. The van der Waals surface area contributed by atoms with Gasteiger partial charge in [0.25, 0.3) is 0 Å². The number of anilines is 2. The summed E-state index contributed by atoms with van der Waals surface area (Å²) in [6, 6.07) is 5.79. The second-order valence-corrected chi connectivity index (χ2v) is 4.28. The smallest absolute Gasteiger partial charge is 0.144 e. The van der Waals surface area contributed by atoms with Gasteiger partial charge in [-0.3, -0.25) is 0 Å². The van der Waals surface area contributed by atoms with Gasteiger partial charge in [0.05, 0.1) is 18.9 Å². The van der Waals surface area contributed by atoms with Crippen molar-refractivity contribution in [2.45, 2.75) is 26.7 Å². The van der Waals surface area contributed by atoms with Gasteiger partial charge in [-0.25, -0.2) is 0 Å². The van der Waals surface area contributed by atoms with Crippen LogP contribution in [0.5, 0.6) is 5.75 Å². The largest absolute Gasteiger partial charge is 0.491 e. The van der Waals surface area contributed by atoms with E-state index in [2.05, 4.69) is 18.7 Å². The van der Waals surface area contributed by atoms with Gasteiger partial charge in [-0.1, -0.05) is 13.8 Å². The minimum Gasteiger partial charge on any atom is -0.491 e. The van der Waals surface area contributed by atoms with Crippen LogP contribution in [0.3, 0.4) is 0 Å². The summed E-state index contributed by atoms with van der Waals surface area (Å²) in [5.41, 5.74) is 7.59. The van der Waals surface area contributed by atoms with Gasteiger partial charge in [0.15, 0.2) is 0 Å². The summed E-state index contributed by atoms with van der Waals surface area (Å²) in [5, 5.41) is 9.09. The third kappa shape index (κ3) is 4.11. The molecule has 0 aliphatic heterocycles. The summed E-state index contributed by atoms with van der Waals surface area (Å²) >= 11 is 0. The van der Waals surface area contributed by atoms with Crippen molar-refractivity contribution in [3.63, 3.8) is 0 Å². The molecular weight excluding hydrogens is 228 g/mol. The average molecular weight is 252 g/mol. The van der Waals surface area contributed by atoms with E-state index in [1.54, 1.807) is 0 Å². The van der Waals surface area contributed by atoms with E-state index in [0.717, 1.165) is 30.8 Å². The molecule has 1 aromatic rings. The van der Waals surface area contributed by atoms with Crippen LogP contribution in [0.4, 0.5) is 11.4 Å². The van der Waals surface area contributed by atoms with Gasteiger partial charge < -0.3 is 20.5 Å². The Morgan fingerprint density at radius 2 is 2.00 bits per heavy atom. The highest BCUT2D eigenvalue weighted by Crippen LogP contribution is 2.28. The Balaban J connectivity index is 2.86. The first kappa shape index (κ1) is 14.6. The van der Waals surface area contributed by atoms with Crippen LogP contribution in [-0.2, 0) is 0 Å². The molecule has 0 saturated heterocycles. The van der Waals surface area contributed by atoms with Crippen LogP contribution in [0.2, 0.25) is 0 Å². The normalized spacial score (nSPS) is 10.4. The second-order valence-electron chi connectivity index (χ2n) is 4.28. The Labute approximate surface area is 109 Å². The summed E-state index contributed by atoms with van der Waals surface area (Å²) in [4.78, 5) is 2.14. The van der Waals surface area contributed by atoms with Gasteiger partial charge in [0.2, 0.25) is 0 Å². The molecule has 0 unspecified atom stereocenters. The van der Waals surface area contributed by atoms with Crippen molar-refractivity contribution in [1.82, 2.24) is 0 Å². The summed E-state index contributed by atoms with van der Waals surface area (Å²) in [6.45, 7) is 6.55. The van der Waals surface area contributed by atoms with E-state index in [1.807, 2.05) is 18.2 Å². The molecule has 0 heterocycles. The summed E-state index contributed by atoms with van der Waals surface area (Å²) in [6.07, 6.45) is 1.99. The van der Waals surface area contributed by atoms with Crippen molar-refractivity contribution in [2.75, 3.05) is 36.9 Å². The minimum absolute atomic E-state index is 0.148. The molecule has 18 heavy (non-hydrogen) atoms. The van der Waals surface area contributed by atoms with Crippen molar-refractivity contribution >= 4 is 11.4 Å². The molecule has 3 N–H and O–H groups in total. The summed E-state index contributed by atoms with van der Waals surface area (Å²) in [7, 11) is 0. The van der Waals surface area contributed by atoms with E-state index in [0.29, 0.717) is 18.8 Å². The van der Waals surface area contributed by atoms with Crippen LogP contribution in [0.25, 0.3) is 0 Å². The van der Waals surface area contributed by atoms with Crippen LogP contribution in [0.1, 0.15) is 26.7 Å². The van der Waals surface area contributed by atoms with Gasteiger partial charge in [-0.05, 0) is 25.0 Å². The number of hydrogen-bond acceptors (Lipinski definition) is 4. The maximum atomic E-state index is 9.09. The maximum absolute atomic E-state index is 9.09. The van der Waals surface area contributed by atoms with Crippen molar-refractivity contribution in [2.24, 2.45) is 0 Å². The average Bonchev–Trinajstić information content (AvgIpc) is 2.38. The van der Waals surface area contributed by atoms with E-state index in [-0.39, 0.29) is 6.61 Å². The third-order valence-corrected chi connectivity index (χ3v) is 2.69. The number of rotatable bonds is 8. The summed E-state index contributed by atoms with van der Waals surface area (Å²) < 4.78 is 5.62. The zero-order valence-electron chi connectivity index (χ0n) is 11.4. The van der Waals surface area contributed by atoms with Crippen LogP contribution in [0.15, 0.2) is 18.2 Å². The molecule has 4 nitrogen and oxygen atoms in total. The molecule has 0 bridgehead atoms. The molecule has 0 aliphatic rings. The highest BCUT2D eigenvalue weighted by Gasteiger charge is 2.08. The van der Waals surface area contributed by atoms with Gasteiger partial charge in [0.1, 0.15) is 5.75 Å². The molecule has 0 amide bonds. The zero-order chi connectivity index (χ0) is 13.4. The lowest BCUT2D eigenvalue weighted by atomic mass is 10.2. The van der Waals surface area contributed by atoms with E-state index in [9.17, 15) is 0 Å². The molecule has 0 atom stereocenters. The zero-order valence-corrected chi connectivity index (χ0v) is 11.4. The third-order valence-electron chi connectivity index (χ3n) is 2.69. The van der Waals surface area contributed by atoms with Crippen molar-refractivity contribution in [3.05, 3.63) is 18.2 Å². The van der Waals surface area contributed by atoms with Gasteiger partial charge in [0, 0.05) is 24.8 Å². The fourth-order valence-electron chi connectivity index (χ4n) is 1.82. The van der Waals surface area contributed by atoms with E-state index >= 15 is 0 Å². The molecule has 0 radical (unpaired) electrons. The summed E-state index contributed by atoms with van der Waals surface area (Å²) in [5.74, 6) is 0.730. The standard InChI is InChI=1S/C14H24N2O2/c1-3-7-16(8-9-17)12-5-6-13(15)14(11-12)18-10-4-2/h5-6,11,17H,3-4,7-10,15H2,1-2H3. The first-order valence-corrected chi connectivity index (χ1v) is 6.61. The Bertz CT molecular complexity index is 350. The maximum Gasteiger partial charge on any atom is 0.144 e. The fourth-order valence-corrected chi connectivity index (χ4v) is 1.82. The second kappa shape index (κ2) is 7.82. The topological polar surface area (TPSA) is 58.7 Å². The molecule has 0 spiro atoms. The molecule has 102 valence electrons. The quantitative estimate of drug-likeness (QED) is 0.697. The predicted octanol–water partition coefficient (Wildman–Crippen LogP) is 2.27. The Hall–Kier alpha value is -1.42. The highest BCUT2D eigenvalue weighted by atomic mass is 16.5. The Morgan fingerprint density at radius 1 is 1.22 bits per heavy atom. The van der Waals surface area contributed by atoms with Gasteiger partial charge in [-0.2, -0.15) is 0 Å². The lowest BCUT2D eigenvalue weighted by Crippen LogP contribution is -2.27.